The summed E-state index contributed by atoms with van der Waals surface area (Å²) in [5.41, 5.74) is 0.157. The van der Waals surface area contributed by atoms with E-state index in [0.717, 1.165) is 0 Å². The number of amides is 4. The molecule has 0 heterocycles. The summed E-state index contributed by atoms with van der Waals surface area (Å²) >= 11 is 0. The van der Waals surface area contributed by atoms with E-state index in [1.165, 1.54) is 6.92 Å². The summed E-state index contributed by atoms with van der Waals surface area (Å²) < 4.78 is 5.32. The molecule has 9 nitrogen and oxygen atoms in total. The number of carbonyl (C=O) groups excluding carboxylic acids is 4. The van der Waals surface area contributed by atoms with Gasteiger partial charge in [-0.3, -0.25) is 19.7 Å². The smallest absolute Gasteiger partial charge is 0.412 e. The highest BCUT2D eigenvalue weighted by atomic mass is 16.6. The fourth-order valence-corrected chi connectivity index (χ4v) is 4.18. The molecule has 0 saturated heterocycles. The lowest BCUT2D eigenvalue weighted by Crippen LogP contribution is -2.47. The molecule has 0 aliphatic carbocycles. The van der Waals surface area contributed by atoms with E-state index >= 15 is 0 Å². The average Bonchev–Trinajstić information content (AvgIpc) is 2.97. The Morgan fingerprint density at radius 2 is 0.977 bits per heavy atom. The predicted octanol–water partition coefficient (Wildman–Crippen LogP) is 6.82. The van der Waals surface area contributed by atoms with Gasteiger partial charge in [0, 0.05) is 16.9 Å². The fourth-order valence-electron chi connectivity index (χ4n) is 4.18. The maximum absolute atomic E-state index is 13.6. The van der Waals surface area contributed by atoms with Crippen LogP contribution in [-0.4, -0.2) is 29.4 Å². The van der Waals surface area contributed by atoms with Gasteiger partial charge < -0.3 is 20.7 Å². The topological polar surface area (TPSA) is 126 Å². The lowest BCUT2D eigenvalue weighted by molar-refractivity contribution is -0.131. The molecule has 0 atom stereocenters. The van der Waals surface area contributed by atoms with Crippen LogP contribution in [0.2, 0.25) is 0 Å². The summed E-state index contributed by atoms with van der Waals surface area (Å²) in [6.07, 6.45) is -0.652. The van der Waals surface area contributed by atoms with Gasteiger partial charge in [-0.25, -0.2) is 4.79 Å². The Hall–Kier alpha value is -5.44. The molecule has 0 radical (unpaired) electrons. The van der Waals surface area contributed by atoms with Crippen molar-refractivity contribution in [2.75, 3.05) is 21.3 Å². The van der Waals surface area contributed by atoms with E-state index in [1.807, 2.05) is 12.1 Å². The summed E-state index contributed by atoms with van der Waals surface area (Å²) in [6, 6.07) is 30.7. The van der Waals surface area contributed by atoms with E-state index in [9.17, 15) is 19.2 Å². The van der Waals surface area contributed by atoms with Gasteiger partial charge in [-0.15, -0.1) is 0 Å². The largest absolute Gasteiger partial charge is 0.444 e. The summed E-state index contributed by atoms with van der Waals surface area (Å²) in [5.74, 6) is -1.52. The van der Waals surface area contributed by atoms with Crippen molar-refractivity contribution >= 4 is 46.6 Å². The third kappa shape index (κ3) is 7.85. The third-order valence-electron chi connectivity index (χ3n) is 6.51. The first-order chi connectivity index (χ1) is 20.5. The molecule has 4 aromatic carbocycles. The second-order valence-corrected chi connectivity index (χ2v) is 11.0. The maximum Gasteiger partial charge on any atom is 0.412 e. The van der Waals surface area contributed by atoms with Gasteiger partial charge in [0.15, 0.2) is 5.41 Å². The lowest BCUT2D eigenvalue weighted by Gasteiger charge is -2.28. The second-order valence-electron chi connectivity index (χ2n) is 11.0. The highest BCUT2D eigenvalue weighted by Crippen LogP contribution is 2.29. The quantitative estimate of drug-likeness (QED) is 0.171. The zero-order chi connectivity index (χ0) is 31.0. The Morgan fingerprint density at radius 3 is 1.44 bits per heavy atom. The number of benzene rings is 4. The average molecular weight is 579 g/mol. The number of ether oxygens (including phenoxy) is 1. The molecule has 0 spiro atoms. The Balaban J connectivity index is 1.57. The molecule has 9 heteroatoms. The normalized spacial score (nSPS) is 11.2. The Bertz CT molecular complexity index is 1540. The molecule has 4 rings (SSSR count). The molecule has 4 amide bonds. The van der Waals surface area contributed by atoms with Gasteiger partial charge in [0.25, 0.3) is 5.91 Å². The first-order valence-electron chi connectivity index (χ1n) is 13.7. The molecule has 0 unspecified atom stereocenters. The van der Waals surface area contributed by atoms with E-state index in [-0.39, 0.29) is 5.56 Å². The van der Waals surface area contributed by atoms with Crippen LogP contribution in [0, 0.1) is 0 Å². The first kappa shape index (κ1) is 30.5. The number of anilines is 4. The number of nitrogens with one attached hydrogen (secondary N) is 4. The van der Waals surface area contributed by atoms with Gasteiger partial charge in [-0.2, -0.15) is 0 Å². The fraction of sp³-hybridized carbons (Fsp3) is 0.176. The van der Waals surface area contributed by atoms with Crippen LogP contribution in [0.4, 0.5) is 27.5 Å². The summed E-state index contributed by atoms with van der Waals surface area (Å²) in [5, 5.41) is 11.1. The molecular weight excluding hydrogens is 544 g/mol. The van der Waals surface area contributed by atoms with Crippen LogP contribution in [0.25, 0.3) is 0 Å². The molecular formula is C34H34N4O5. The standard InChI is InChI=1S/C34H34N4O5/c1-33(2,3)43-32(42)38-28-18-12-11-17-27(28)37-29(39)23-19-21-24(22-20-23)34(4,30(40)35-25-13-7-5-8-14-25)31(41)36-26-15-9-6-10-16-26/h5-22H,1-4H3,(H,35,40)(H,36,41)(H,37,39)(H,38,42). The molecule has 0 aromatic heterocycles. The summed E-state index contributed by atoms with van der Waals surface area (Å²) in [4.78, 5) is 52.8. The minimum Gasteiger partial charge on any atom is -0.444 e. The van der Waals surface area contributed by atoms with E-state index in [4.69, 9.17) is 4.74 Å². The van der Waals surface area contributed by atoms with E-state index in [2.05, 4.69) is 21.3 Å². The van der Waals surface area contributed by atoms with Gasteiger partial charge >= 0.3 is 6.09 Å². The third-order valence-corrected chi connectivity index (χ3v) is 6.51. The lowest BCUT2D eigenvalue weighted by atomic mass is 9.80. The van der Waals surface area contributed by atoms with Crippen LogP contribution in [0.1, 0.15) is 43.6 Å². The van der Waals surface area contributed by atoms with Crippen molar-refractivity contribution in [2.24, 2.45) is 0 Å². The number of hydrogen-bond acceptors (Lipinski definition) is 5. The van der Waals surface area contributed by atoms with Crippen molar-refractivity contribution in [2.45, 2.75) is 38.7 Å². The number of carbonyl (C=O) groups is 4. The molecule has 0 aliphatic heterocycles. The minimum atomic E-state index is -1.65. The van der Waals surface area contributed by atoms with Crippen molar-refractivity contribution in [1.29, 1.82) is 0 Å². The molecule has 4 aromatic rings. The number of para-hydroxylation sites is 4. The van der Waals surface area contributed by atoms with Crippen LogP contribution >= 0.6 is 0 Å². The zero-order valence-corrected chi connectivity index (χ0v) is 24.4. The molecule has 4 N–H and O–H groups in total. The minimum absolute atomic E-state index is 0.283. The van der Waals surface area contributed by atoms with E-state index in [1.54, 1.807) is 118 Å². The van der Waals surface area contributed by atoms with Crippen molar-refractivity contribution < 1.29 is 23.9 Å². The van der Waals surface area contributed by atoms with Gasteiger partial charge in [0.05, 0.1) is 11.4 Å². The molecule has 0 fully saturated rings. The molecule has 0 bridgehead atoms. The number of hydrogen-bond donors (Lipinski definition) is 4. The van der Waals surface area contributed by atoms with Crippen LogP contribution < -0.4 is 21.3 Å². The maximum atomic E-state index is 13.6. The van der Waals surface area contributed by atoms with Gasteiger partial charge in [-0.1, -0.05) is 60.7 Å². The van der Waals surface area contributed by atoms with Crippen molar-refractivity contribution in [1.82, 2.24) is 0 Å². The SMILES string of the molecule is CC(C)(C)OC(=O)Nc1ccccc1NC(=O)c1ccc(C(C)(C(=O)Nc2ccccc2)C(=O)Nc2ccccc2)cc1. The predicted molar refractivity (Wildman–Crippen MR) is 168 cm³/mol. The highest BCUT2D eigenvalue weighted by molar-refractivity contribution is 6.19. The highest BCUT2D eigenvalue weighted by Gasteiger charge is 2.43. The Morgan fingerprint density at radius 1 is 0.535 bits per heavy atom. The van der Waals surface area contributed by atoms with Gasteiger partial charge in [0.2, 0.25) is 11.8 Å². The van der Waals surface area contributed by atoms with Gasteiger partial charge in [0.1, 0.15) is 5.60 Å². The van der Waals surface area contributed by atoms with Crippen molar-refractivity contribution in [3.8, 4) is 0 Å². The van der Waals surface area contributed by atoms with Crippen LogP contribution in [-0.2, 0) is 19.7 Å². The van der Waals surface area contributed by atoms with Crippen molar-refractivity contribution in [3.05, 3.63) is 120 Å². The van der Waals surface area contributed by atoms with E-state index < -0.39 is 34.8 Å². The number of rotatable bonds is 8. The molecule has 0 aliphatic rings. The van der Waals surface area contributed by atoms with Crippen LogP contribution in [0.5, 0.6) is 0 Å². The molecule has 43 heavy (non-hydrogen) atoms. The second kappa shape index (κ2) is 13.0. The van der Waals surface area contributed by atoms with Crippen molar-refractivity contribution in [3.63, 3.8) is 0 Å². The Labute approximate surface area is 250 Å². The van der Waals surface area contributed by atoms with Crippen LogP contribution in [0.15, 0.2) is 109 Å². The first-order valence-corrected chi connectivity index (χ1v) is 13.7. The zero-order valence-electron chi connectivity index (χ0n) is 24.4. The molecule has 0 saturated carbocycles. The van der Waals surface area contributed by atoms with Gasteiger partial charge in [-0.05, 0) is 81.8 Å². The summed E-state index contributed by atoms with van der Waals surface area (Å²) in [7, 11) is 0. The molecule has 220 valence electrons. The van der Waals surface area contributed by atoms with E-state index in [0.29, 0.717) is 28.3 Å². The monoisotopic (exact) mass is 578 g/mol. The van der Waals surface area contributed by atoms with Crippen LogP contribution in [0.3, 0.4) is 0 Å². The summed E-state index contributed by atoms with van der Waals surface area (Å²) in [6.45, 7) is 6.81. The Kier molecular flexibility index (Phi) is 9.25.